The maximum Gasteiger partial charge on any atom is 0.254 e. The summed E-state index contributed by atoms with van der Waals surface area (Å²) in [5.74, 6) is -3.92. The third-order valence-corrected chi connectivity index (χ3v) is 4.94. The summed E-state index contributed by atoms with van der Waals surface area (Å²) in [6.07, 6.45) is 1.74. The number of amides is 1. The third-order valence-electron chi connectivity index (χ3n) is 4.94. The van der Waals surface area contributed by atoms with E-state index in [-0.39, 0.29) is 6.54 Å². The number of hydrogen-bond acceptors (Lipinski definition) is 3. The van der Waals surface area contributed by atoms with Gasteiger partial charge in [-0.05, 0) is 47.5 Å². The van der Waals surface area contributed by atoms with Gasteiger partial charge in [0.1, 0.15) is 11.6 Å². The van der Waals surface area contributed by atoms with Crippen LogP contribution in [-0.2, 0) is 6.54 Å². The highest BCUT2D eigenvalue weighted by atomic mass is 19.2. The Kier molecular flexibility index (Phi) is 5.93. The van der Waals surface area contributed by atoms with Crippen LogP contribution in [0.1, 0.15) is 15.9 Å². The summed E-state index contributed by atoms with van der Waals surface area (Å²) in [7, 11) is 1.61. The van der Waals surface area contributed by atoms with Gasteiger partial charge in [-0.2, -0.15) is 0 Å². The predicted octanol–water partition coefficient (Wildman–Crippen LogP) is 5.10. The fourth-order valence-electron chi connectivity index (χ4n) is 3.14. The van der Waals surface area contributed by atoms with Gasteiger partial charge in [-0.3, -0.25) is 4.79 Å². The molecule has 162 valence electrons. The van der Waals surface area contributed by atoms with Crippen molar-refractivity contribution in [2.75, 3.05) is 7.11 Å². The Hall–Kier alpha value is -4.07. The number of imidazole rings is 1. The first kappa shape index (κ1) is 21.2. The van der Waals surface area contributed by atoms with Crippen molar-refractivity contribution in [3.8, 4) is 28.4 Å². The highest BCUT2D eigenvalue weighted by Gasteiger charge is 2.18. The number of nitrogens with zero attached hydrogens (tertiary/aromatic N) is 1. The van der Waals surface area contributed by atoms with Gasteiger partial charge in [0, 0.05) is 12.1 Å². The molecule has 0 saturated carbocycles. The van der Waals surface area contributed by atoms with E-state index in [0.717, 1.165) is 34.2 Å². The van der Waals surface area contributed by atoms with Crippen molar-refractivity contribution in [1.29, 1.82) is 0 Å². The van der Waals surface area contributed by atoms with Crippen LogP contribution in [-0.4, -0.2) is 23.0 Å². The van der Waals surface area contributed by atoms with E-state index in [2.05, 4.69) is 15.3 Å². The van der Waals surface area contributed by atoms with Crippen LogP contribution in [0.3, 0.4) is 0 Å². The number of rotatable bonds is 6. The highest BCUT2D eigenvalue weighted by Crippen LogP contribution is 2.24. The Labute approximate surface area is 181 Å². The molecule has 0 aliphatic rings. The van der Waals surface area contributed by atoms with Crippen LogP contribution in [0.5, 0.6) is 5.75 Å². The minimum absolute atomic E-state index is 0.0901. The van der Waals surface area contributed by atoms with Crippen LogP contribution >= 0.6 is 0 Å². The van der Waals surface area contributed by atoms with E-state index in [1.54, 1.807) is 25.4 Å². The SMILES string of the molecule is COc1ccc(-c2cnc(-c3ccc(CNC(=O)c4ccc(F)c(F)c4F)cc3)[nH]2)cc1. The fraction of sp³-hybridized carbons (Fsp3) is 0.0833. The number of nitrogens with one attached hydrogen (secondary N) is 2. The topological polar surface area (TPSA) is 67.0 Å². The Balaban J connectivity index is 1.42. The van der Waals surface area contributed by atoms with Crippen molar-refractivity contribution in [3.63, 3.8) is 0 Å². The molecule has 0 saturated heterocycles. The lowest BCUT2D eigenvalue weighted by atomic mass is 10.1. The average Bonchev–Trinajstić information content (AvgIpc) is 3.32. The normalized spacial score (nSPS) is 10.8. The monoisotopic (exact) mass is 437 g/mol. The lowest BCUT2D eigenvalue weighted by Gasteiger charge is -2.08. The second-order valence-electron chi connectivity index (χ2n) is 6.98. The molecule has 0 radical (unpaired) electrons. The van der Waals surface area contributed by atoms with E-state index in [1.165, 1.54) is 0 Å². The van der Waals surface area contributed by atoms with Gasteiger partial charge in [0.2, 0.25) is 0 Å². The number of halogens is 3. The highest BCUT2D eigenvalue weighted by molar-refractivity contribution is 5.94. The van der Waals surface area contributed by atoms with E-state index < -0.39 is 28.9 Å². The van der Waals surface area contributed by atoms with E-state index in [9.17, 15) is 18.0 Å². The molecule has 0 atom stereocenters. The first-order valence-corrected chi connectivity index (χ1v) is 9.66. The standard InChI is InChI=1S/C24H18F3N3O2/c1-32-17-8-6-15(7-9-17)20-13-28-23(30-20)16-4-2-14(3-5-16)12-29-24(31)18-10-11-19(25)22(27)21(18)26/h2-11,13H,12H2,1H3,(H,28,30)(H,29,31). The van der Waals surface area contributed by atoms with Crippen molar-refractivity contribution in [2.45, 2.75) is 6.54 Å². The maximum atomic E-state index is 13.7. The van der Waals surface area contributed by atoms with Crippen molar-refractivity contribution in [3.05, 3.63) is 95.4 Å². The number of H-pyrrole nitrogens is 1. The molecule has 4 aromatic rings. The molecule has 0 bridgehead atoms. The van der Waals surface area contributed by atoms with Crippen LogP contribution in [0.2, 0.25) is 0 Å². The van der Waals surface area contributed by atoms with Crippen molar-refractivity contribution in [1.82, 2.24) is 15.3 Å². The number of carbonyl (C=O) groups excluding carboxylic acids is 1. The zero-order valence-electron chi connectivity index (χ0n) is 17.0. The molecule has 1 aromatic heterocycles. The molecule has 3 aromatic carbocycles. The molecule has 0 aliphatic heterocycles. The largest absolute Gasteiger partial charge is 0.497 e. The average molecular weight is 437 g/mol. The molecule has 4 rings (SSSR count). The second kappa shape index (κ2) is 8.97. The smallest absolute Gasteiger partial charge is 0.254 e. The van der Waals surface area contributed by atoms with Crippen LogP contribution in [0.4, 0.5) is 13.2 Å². The molecule has 1 amide bonds. The molecule has 0 unspecified atom stereocenters. The molecule has 2 N–H and O–H groups in total. The summed E-state index contributed by atoms with van der Waals surface area (Å²) in [5.41, 5.74) is 2.85. The maximum absolute atomic E-state index is 13.7. The molecule has 0 aliphatic carbocycles. The lowest BCUT2D eigenvalue weighted by molar-refractivity contribution is 0.0945. The van der Waals surface area contributed by atoms with E-state index in [0.29, 0.717) is 11.9 Å². The number of hydrogen-bond donors (Lipinski definition) is 2. The van der Waals surface area contributed by atoms with Crippen LogP contribution in [0.25, 0.3) is 22.6 Å². The number of ether oxygens (including phenoxy) is 1. The van der Waals surface area contributed by atoms with Gasteiger partial charge in [0.15, 0.2) is 17.5 Å². The van der Waals surface area contributed by atoms with Gasteiger partial charge >= 0.3 is 0 Å². The van der Waals surface area contributed by atoms with E-state index in [1.807, 2.05) is 36.4 Å². The van der Waals surface area contributed by atoms with E-state index >= 15 is 0 Å². The van der Waals surface area contributed by atoms with Crippen molar-refractivity contribution >= 4 is 5.91 Å². The van der Waals surface area contributed by atoms with Gasteiger partial charge in [-0.25, -0.2) is 18.2 Å². The number of aromatic amines is 1. The van der Waals surface area contributed by atoms with Gasteiger partial charge < -0.3 is 15.0 Å². The summed E-state index contributed by atoms with van der Waals surface area (Å²) in [6.45, 7) is 0.0901. The first-order valence-electron chi connectivity index (χ1n) is 9.66. The number of methoxy groups -OCH3 is 1. The predicted molar refractivity (Wildman–Crippen MR) is 113 cm³/mol. The molecule has 0 fully saturated rings. The molecule has 32 heavy (non-hydrogen) atoms. The zero-order valence-corrected chi connectivity index (χ0v) is 17.0. The Morgan fingerprint density at radius 2 is 1.62 bits per heavy atom. The van der Waals surface area contributed by atoms with Crippen LogP contribution in [0.15, 0.2) is 66.9 Å². The summed E-state index contributed by atoms with van der Waals surface area (Å²) in [5, 5.41) is 2.50. The number of aromatic nitrogens is 2. The third kappa shape index (κ3) is 4.34. The van der Waals surface area contributed by atoms with E-state index in [4.69, 9.17) is 4.74 Å². The first-order chi connectivity index (χ1) is 15.5. The summed E-state index contributed by atoms with van der Waals surface area (Å²) < 4.78 is 45.3. The molecule has 0 spiro atoms. The molecule has 5 nitrogen and oxygen atoms in total. The van der Waals surface area contributed by atoms with Gasteiger partial charge in [-0.15, -0.1) is 0 Å². The number of carbonyl (C=O) groups is 1. The second-order valence-corrected chi connectivity index (χ2v) is 6.98. The lowest BCUT2D eigenvalue weighted by Crippen LogP contribution is -2.24. The zero-order chi connectivity index (χ0) is 22.7. The molecule has 8 heteroatoms. The van der Waals surface area contributed by atoms with Crippen molar-refractivity contribution in [2.24, 2.45) is 0 Å². The van der Waals surface area contributed by atoms with Crippen LogP contribution < -0.4 is 10.1 Å². The van der Waals surface area contributed by atoms with Gasteiger partial charge in [0.05, 0.1) is 24.6 Å². The Bertz CT molecular complexity index is 1250. The molecular weight excluding hydrogens is 419 g/mol. The minimum Gasteiger partial charge on any atom is -0.497 e. The van der Waals surface area contributed by atoms with Crippen molar-refractivity contribution < 1.29 is 22.7 Å². The molecular formula is C24H18F3N3O2. The van der Waals surface area contributed by atoms with Gasteiger partial charge in [0.25, 0.3) is 5.91 Å². The van der Waals surface area contributed by atoms with Crippen LogP contribution in [0, 0.1) is 17.5 Å². The Morgan fingerprint density at radius 3 is 2.31 bits per heavy atom. The fourth-order valence-corrected chi connectivity index (χ4v) is 3.14. The number of benzene rings is 3. The summed E-state index contributed by atoms with van der Waals surface area (Å²) in [6, 6.07) is 16.4. The summed E-state index contributed by atoms with van der Waals surface area (Å²) in [4.78, 5) is 19.8. The minimum atomic E-state index is -1.67. The quantitative estimate of drug-likeness (QED) is 0.413. The van der Waals surface area contributed by atoms with Gasteiger partial charge in [-0.1, -0.05) is 24.3 Å². The summed E-state index contributed by atoms with van der Waals surface area (Å²) >= 11 is 0. The Morgan fingerprint density at radius 1 is 0.938 bits per heavy atom. The molecule has 1 heterocycles.